The molecule has 4 N–H and O–H groups in total. The Hall–Kier alpha value is -1.59. The molecule has 1 aromatic rings. The quantitative estimate of drug-likeness (QED) is 0.242. The van der Waals surface area contributed by atoms with Crippen LogP contribution >= 0.6 is 0 Å². The zero-order valence-electron chi connectivity index (χ0n) is 5.61. The fourth-order valence-electron chi connectivity index (χ4n) is 0.653. The topological polar surface area (TPSA) is 66.5 Å². The molecule has 0 radical (unpaired) electrons. The van der Waals surface area contributed by atoms with Crippen LogP contribution in [-0.4, -0.2) is 10.2 Å². The van der Waals surface area contributed by atoms with E-state index < -0.39 is 34.6 Å². The first-order chi connectivity index (χ1) is 5.46. The number of nitrogen functional groups attached to an aromatic ring is 1. The summed E-state index contributed by atoms with van der Waals surface area (Å²) in [5.74, 6) is -8.05. The standard InChI is InChI=1S/C6H4F3NO2/c7-1-2(8)5(11)3(9)6(12)4(1)10/h11-12H,10H2. The van der Waals surface area contributed by atoms with E-state index in [1.54, 1.807) is 0 Å². The molecule has 1 aromatic carbocycles. The minimum Gasteiger partial charge on any atom is -0.503 e. The average molecular weight is 179 g/mol. The normalized spacial score (nSPS) is 10.2. The van der Waals surface area contributed by atoms with Crippen molar-refractivity contribution in [2.75, 3.05) is 5.73 Å². The predicted octanol–water partition coefficient (Wildman–Crippen LogP) is 1.10. The van der Waals surface area contributed by atoms with Crippen LogP contribution in [0, 0.1) is 17.5 Å². The van der Waals surface area contributed by atoms with Gasteiger partial charge in [-0.15, -0.1) is 0 Å². The third-order valence-electron chi connectivity index (χ3n) is 1.31. The molecule has 6 heteroatoms. The molecule has 0 heterocycles. The van der Waals surface area contributed by atoms with Crippen LogP contribution < -0.4 is 5.73 Å². The van der Waals surface area contributed by atoms with Crippen molar-refractivity contribution < 1.29 is 23.4 Å². The lowest BCUT2D eigenvalue weighted by atomic mass is 10.2. The molecule has 0 unspecified atom stereocenters. The molecule has 0 amide bonds. The van der Waals surface area contributed by atoms with E-state index in [2.05, 4.69) is 0 Å². The molecular weight excluding hydrogens is 175 g/mol. The fraction of sp³-hybridized carbons (Fsp3) is 0. The molecule has 0 saturated carbocycles. The Labute approximate surface area is 64.9 Å². The second kappa shape index (κ2) is 2.47. The van der Waals surface area contributed by atoms with Gasteiger partial charge in [-0.25, -0.2) is 4.39 Å². The van der Waals surface area contributed by atoms with E-state index in [-0.39, 0.29) is 0 Å². The van der Waals surface area contributed by atoms with Crippen LogP contribution in [0.2, 0.25) is 0 Å². The van der Waals surface area contributed by atoms with Crippen molar-refractivity contribution in [3.8, 4) is 11.5 Å². The SMILES string of the molecule is Nc1c(O)c(F)c(O)c(F)c1F. The summed E-state index contributed by atoms with van der Waals surface area (Å²) in [5, 5.41) is 17.1. The summed E-state index contributed by atoms with van der Waals surface area (Å²) in [4.78, 5) is 0. The molecule has 0 aromatic heterocycles. The maximum atomic E-state index is 12.4. The van der Waals surface area contributed by atoms with E-state index in [9.17, 15) is 13.2 Å². The van der Waals surface area contributed by atoms with E-state index in [4.69, 9.17) is 15.9 Å². The number of nitrogens with two attached hydrogens (primary N) is 1. The van der Waals surface area contributed by atoms with Gasteiger partial charge >= 0.3 is 0 Å². The van der Waals surface area contributed by atoms with E-state index >= 15 is 0 Å². The number of benzene rings is 1. The van der Waals surface area contributed by atoms with Crippen LogP contribution in [-0.2, 0) is 0 Å². The van der Waals surface area contributed by atoms with Gasteiger partial charge in [-0.2, -0.15) is 8.78 Å². The first-order valence-electron chi connectivity index (χ1n) is 2.80. The van der Waals surface area contributed by atoms with Crippen molar-refractivity contribution in [1.29, 1.82) is 0 Å². The highest BCUT2D eigenvalue weighted by molar-refractivity contribution is 5.57. The minimum absolute atomic E-state index is 1.07. The first kappa shape index (κ1) is 8.51. The van der Waals surface area contributed by atoms with Crippen molar-refractivity contribution in [1.82, 2.24) is 0 Å². The Bertz CT molecular complexity index is 235. The molecular formula is C6H4F3NO2. The number of rotatable bonds is 0. The van der Waals surface area contributed by atoms with Crippen LogP contribution in [0.5, 0.6) is 11.5 Å². The molecule has 0 aliphatic carbocycles. The monoisotopic (exact) mass is 179 g/mol. The van der Waals surface area contributed by atoms with Gasteiger partial charge in [-0.1, -0.05) is 0 Å². The minimum atomic E-state index is -1.82. The summed E-state index contributed by atoms with van der Waals surface area (Å²) in [6, 6.07) is 0. The average Bonchev–Trinajstić information content (AvgIpc) is 2.08. The summed E-state index contributed by atoms with van der Waals surface area (Å²) in [6.07, 6.45) is 0. The van der Waals surface area contributed by atoms with Crippen molar-refractivity contribution in [3.63, 3.8) is 0 Å². The van der Waals surface area contributed by atoms with E-state index in [0.29, 0.717) is 0 Å². The van der Waals surface area contributed by atoms with E-state index in [1.807, 2.05) is 0 Å². The summed E-state index contributed by atoms with van der Waals surface area (Å²) in [5.41, 5.74) is 3.67. The lowest BCUT2D eigenvalue weighted by Gasteiger charge is -2.04. The highest BCUT2D eigenvalue weighted by Crippen LogP contribution is 2.35. The van der Waals surface area contributed by atoms with Gasteiger partial charge in [0, 0.05) is 0 Å². The lowest BCUT2D eigenvalue weighted by Crippen LogP contribution is -1.98. The van der Waals surface area contributed by atoms with Gasteiger partial charge < -0.3 is 15.9 Å². The van der Waals surface area contributed by atoms with E-state index in [0.717, 1.165) is 0 Å². The van der Waals surface area contributed by atoms with Gasteiger partial charge in [-0.3, -0.25) is 0 Å². The van der Waals surface area contributed by atoms with Gasteiger partial charge in [0.15, 0.2) is 17.3 Å². The second-order valence-electron chi connectivity index (χ2n) is 2.05. The number of aromatic hydroxyl groups is 2. The van der Waals surface area contributed by atoms with Gasteiger partial charge in [0.2, 0.25) is 11.6 Å². The summed E-state index contributed by atoms with van der Waals surface area (Å²) < 4.78 is 37.3. The van der Waals surface area contributed by atoms with Crippen LogP contribution in [0.25, 0.3) is 0 Å². The van der Waals surface area contributed by atoms with Gasteiger partial charge in [0.1, 0.15) is 5.69 Å². The van der Waals surface area contributed by atoms with Crippen molar-refractivity contribution in [2.45, 2.75) is 0 Å². The zero-order valence-corrected chi connectivity index (χ0v) is 5.61. The van der Waals surface area contributed by atoms with Crippen molar-refractivity contribution >= 4 is 5.69 Å². The number of hydrogen-bond acceptors (Lipinski definition) is 3. The number of halogens is 3. The van der Waals surface area contributed by atoms with Crippen LogP contribution in [0.3, 0.4) is 0 Å². The Morgan fingerprint density at radius 2 is 1.33 bits per heavy atom. The van der Waals surface area contributed by atoms with Gasteiger partial charge in [0.05, 0.1) is 0 Å². The molecule has 3 nitrogen and oxygen atoms in total. The Morgan fingerprint density at radius 1 is 0.833 bits per heavy atom. The molecule has 0 atom stereocenters. The summed E-state index contributed by atoms with van der Waals surface area (Å²) in [6.45, 7) is 0. The maximum Gasteiger partial charge on any atom is 0.211 e. The third kappa shape index (κ3) is 0.919. The largest absolute Gasteiger partial charge is 0.503 e. The van der Waals surface area contributed by atoms with Crippen molar-refractivity contribution in [3.05, 3.63) is 17.5 Å². The molecule has 1 rings (SSSR count). The molecule has 66 valence electrons. The number of phenolic OH excluding ortho intramolecular Hbond substituents is 2. The van der Waals surface area contributed by atoms with Crippen molar-refractivity contribution in [2.24, 2.45) is 0 Å². The summed E-state index contributed by atoms with van der Waals surface area (Å²) in [7, 11) is 0. The number of anilines is 1. The van der Waals surface area contributed by atoms with Crippen LogP contribution in [0.1, 0.15) is 0 Å². The Kier molecular flexibility index (Phi) is 1.75. The molecule has 0 aliphatic rings. The van der Waals surface area contributed by atoms with Crippen LogP contribution in [0.15, 0.2) is 0 Å². The van der Waals surface area contributed by atoms with Crippen LogP contribution in [0.4, 0.5) is 18.9 Å². The molecule has 0 spiro atoms. The third-order valence-corrected chi connectivity index (χ3v) is 1.31. The molecule has 0 fully saturated rings. The molecule has 0 bridgehead atoms. The smallest absolute Gasteiger partial charge is 0.211 e. The number of phenols is 2. The zero-order chi connectivity index (χ0) is 9.46. The first-order valence-corrected chi connectivity index (χ1v) is 2.80. The number of hydrogen-bond donors (Lipinski definition) is 3. The van der Waals surface area contributed by atoms with Gasteiger partial charge in [-0.05, 0) is 0 Å². The lowest BCUT2D eigenvalue weighted by molar-refractivity contribution is 0.352. The highest BCUT2D eigenvalue weighted by Gasteiger charge is 2.22. The predicted molar refractivity (Wildman–Crippen MR) is 34.1 cm³/mol. The van der Waals surface area contributed by atoms with Gasteiger partial charge in [0.25, 0.3) is 0 Å². The van der Waals surface area contributed by atoms with E-state index in [1.165, 1.54) is 0 Å². The highest BCUT2D eigenvalue weighted by atomic mass is 19.2. The fourth-order valence-corrected chi connectivity index (χ4v) is 0.653. The molecule has 12 heavy (non-hydrogen) atoms. The Balaban J connectivity index is 3.60. The Morgan fingerprint density at radius 3 is 1.83 bits per heavy atom. The molecule has 0 aliphatic heterocycles. The molecule has 0 saturated heterocycles. The second-order valence-corrected chi connectivity index (χ2v) is 2.05. The maximum absolute atomic E-state index is 12.4. The summed E-state index contributed by atoms with van der Waals surface area (Å²) >= 11 is 0.